The Bertz CT molecular complexity index is 937. The minimum atomic E-state index is -0.172. The van der Waals surface area contributed by atoms with Crippen molar-refractivity contribution in [3.63, 3.8) is 0 Å². The number of nitrogens with two attached hydrogens (primary N) is 1. The van der Waals surface area contributed by atoms with Crippen LogP contribution in [-0.4, -0.2) is 23.0 Å². The highest BCUT2D eigenvalue weighted by Gasteiger charge is 2.30. The standard InChI is InChI=1S/C21H21N5O/c1-26(27)18-8-4-16(5-9-18)21-24-19(14-2-6-17(22)7-3-14)20(25-21)15-10-12-23-13-11-15/h2-13,20-21,25,27H,22H2,1H3. The van der Waals surface area contributed by atoms with Crippen molar-refractivity contribution < 1.29 is 5.21 Å². The van der Waals surface area contributed by atoms with Crippen LogP contribution in [0, 0.1) is 0 Å². The minimum Gasteiger partial charge on any atom is -0.399 e. The van der Waals surface area contributed by atoms with Gasteiger partial charge in [-0.15, -0.1) is 0 Å². The van der Waals surface area contributed by atoms with E-state index in [0.29, 0.717) is 0 Å². The molecule has 2 aromatic carbocycles. The van der Waals surface area contributed by atoms with Crippen molar-refractivity contribution in [2.75, 3.05) is 17.8 Å². The maximum absolute atomic E-state index is 9.56. The van der Waals surface area contributed by atoms with Gasteiger partial charge in [0.05, 0.1) is 17.4 Å². The number of nitrogen functional groups attached to an aromatic ring is 1. The molecule has 1 aliphatic heterocycles. The zero-order chi connectivity index (χ0) is 18.8. The molecule has 0 aliphatic carbocycles. The Labute approximate surface area is 158 Å². The number of aliphatic imine (C=N–C) groups is 1. The number of hydroxylamine groups is 1. The van der Waals surface area contributed by atoms with E-state index in [1.165, 1.54) is 0 Å². The average Bonchev–Trinajstić information content (AvgIpc) is 3.15. The van der Waals surface area contributed by atoms with Crippen LogP contribution in [0.3, 0.4) is 0 Å². The first-order valence-corrected chi connectivity index (χ1v) is 8.74. The lowest BCUT2D eigenvalue weighted by atomic mass is 9.98. The van der Waals surface area contributed by atoms with Gasteiger partial charge in [0.15, 0.2) is 0 Å². The van der Waals surface area contributed by atoms with Crippen molar-refractivity contribution in [2.24, 2.45) is 4.99 Å². The molecule has 0 amide bonds. The summed E-state index contributed by atoms with van der Waals surface area (Å²) in [5.74, 6) is 0. The molecule has 4 N–H and O–H groups in total. The second kappa shape index (κ2) is 7.19. The van der Waals surface area contributed by atoms with Crippen molar-refractivity contribution in [1.29, 1.82) is 0 Å². The normalized spacial score (nSPS) is 19.0. The number of nitrogens with one attached hydrogen (secondary N) is 1. The number of hydrogen-bond donors (Lipinski definition) is 3. The van der Waals surface area contributed by atoms with Crippen LogP contribution in [0.2, 0.25) is 0 Å². The average molecular weight is 359 g/mol. The topological polar surface area (TPSA) is 86.8 Å². The van der Waals surface area contributed by atoms with E-state index < -0.39 is 0 Å². The lowest BCUT2D eigenvalue weighted by molar-refractivity contribution is 0.279. The van der Waals surface area contributed by atoms with Gasteiger partial charge < -0.3 is 5.73 Å². The van der Waals surface area contributed by atoms with Crippen LogP contribution in [0.4, 0.5) is 11.4 Å². The molecule has 0 saturated heterocycles. The predicted octanol–water partition coefficient (Wildman–Crippen LogP) is 3.32. The molecule has 0 fully saturated rings. The first kappa shape index (κ1) is 17.2. The van der Waals surface area contributed by atoms with Crippen molar-refractivity contribution in [1.82, 2.24) is 10.3 Å². The van der Waals surface area contributed by atoms with Gasteiger partial charge in [-0.05, 0) is 53.1 Å². The van der Waals surface area contributed by atoms with E-state index in [1.54, 1.807) is 19.4 Å². The number of anilines is 2. The second-order valence-electron chi connectivity index (χ2n) is 6.53. The molecule has 27 heavy (non-hydrogen) atoms. The van der Waals surface area contributed by atoms with Crippen molar-refractivity contribution in [3.8, 4) is 0 Å². The third-order valence-corrected chi connectivity index (χ3v) is 4.69. The van der Waals surface area contributed by atoms with Gasteiger partial charge in [-0.2, -0.15) is 0 Å². The fourth-order valence-electron chi connectivity index (χ4n) is 3.24. The Kier molecular flexibility index (Phi) is 4.58. The molecule has 6 nitrogen and oxygen atoms in total. The number of nitrogens with zero attached hydrogens (tertiary/aromatic N) is 3. The van der Waals surface area contributed by atoms with Gasteiger partial charge in [0.25, 0.3) is 0 Å². The molecule has 2 unspecified atom stereocenters. The highest BCUT2D eigenvalue weighted by atomic mass is 16.5. The fraction of sp³-hybridized carbons (Fsp3) is 0.143. The summed E-state index contributed by atoms with van der Waals surface area (Å²) in [4.78, 5) is 9.08. The van der Waals surface area contributed by atoms with E-state index in [2.05, 4.69) is 10.3 Å². The molecule has 1 aliphatic rings. The van der Waals surface area contributed by atoms with Crippen molar-refractivity contribution in [3.05, 3.63) is 89.7 Å². The first-order chi connectivity index (χ1) is 13.1. The van der Waals surface area contributed by atoms with Gasteiger partial charge in [-0.25, -0.2) is 0 Å². The smallest absolute Gasteiger partial charge is 0.126 e. The molecule has 136 valence electrons. The molecule has 0 radical (unpaired) electrons. The molecule has 2 atom stereocenters. The van der Waals surface area contributed by atoms with Crippen LogP contribution < -0.4 is 16.1 Å². The molecule has 0 bridgehead atoms. The van der Waals surface area contributed by atoms with E-state index in [0.717, 1.165) is 38.8 Å². The largest absolute Gasteiger partial charge is 0.399 e. The summed E-state index contributed by atoms with van der Waals surface area (Å²) in [6, 6.07) is 19.4. The maximum Gasteiger partial charge on any atom is 0.126 e. The molecule has 1 aromatic heterocycles. The lowest BCUT2D eigenvalue weighted by Crippen LogP contribution is -2.24. The Balaban J connectivity index is 1.71. The lowest BCUT2D eigenvalue weighted by Gasteiger charge is -2.17. The zero-order valence-corrected chi connectivity index (χ0v) is 14.9. The summed E-state index contributed by atoms with van der Waals surface area (Å²) in [5, 5.41) is 14.2. The summed E-state index contributed by atoms with van der Waals surface area (Å²) in [7, 11) is 1.60. The van der Waals surface area contributed by atoms with Gasteiger partial charge in [-0.1, -0.05) is 24.3 Å². The van der Waals surface area contributed by atoms with Crippen LogP contribution in [-0.2, 0) is 0 Å². The molecular formula is C21H21N5O. The predicted molar refractivity (Wildman–Crippen MR) is 107 cm³/mol. The summed E-state index contributed by atoms with van der Waals surface area (Å²) < 4.78 is 0. The molecular weight excluding hydrogens is 338 g/mol. The number of pyridine rings is 1. The molecule has 3 aromatic rings. The Morgan fingerprint density at radius 1 is 0.926 bits per heavy atom. The van der Waals surface area contributed by atoms with Crippen LogP contribution in [0.25, 0.3) is 0 Å². The quantitative estimate of drug-likeness (QED) is 0.491. The zero-order valence-electron chi connectivity index (χ0n) is 14.9. The molecule has 4 rings (SSSR count). The second-order valence-corrected chi connectivity index (χ2v) is 6.53. The van der Waals surface area contributed by atoms with E-state index in [-0.39, 0.29) is 12.2 Å². The number of hydrogen-bond acceptors (Lipinski definition) is 6. The highest BCUT2D eigenvalue weighted by molar-refractivity contribution is 6.06. The third kappa shape index (κ3) is 3.53. The summed E-state index contributed by atoms with van der Waals surface area (Å²) in [6.07, 6.45) is 3.40. The summed E-state index contributed by atoms with van der Waals surface area (Å²) in [6.45, 7) is 0. The molecule has 0 spiro atoms. The monoisotopic (exact) mass is 359 g/mol. The molecule has 0 saturated carbocycles. The number of rotatable bonds is 4. The molecule has 6 heteroatoms. The Hall–Kier alpha value is -3.22. The van der Waals surface area contributed by atoms with E-state index in [9.17, 15) is 5.21 Å². The van der Waals surface area contributed by atoms with Crippen LogP contribution in [0.5, 0.6) is 0 Å². The van der Waals surface area contributed by atoms with Crippen molar-refractivity contribution in [2.45, 2.75) is 12.2 Å². The van der Waals surface area contributed by atoms with Gasteiger partial charge in [0, 0.05) is 25.1 Å². The van der Waals surface area contributed by atoms with Gasteiger partial charge >= 0.3 is 0 Å². The third-order valence-electron chi connectivity index (χ3n) is 4.69. The van der Waals surface area contributed by atoms with Gasteiger partial charge in [0.1, 0.15) is 6.17 Å². The summed E-state index contributed by atoms with van der Waals surface area (Å²) in [5.41, 5.74) is 11.4. The summed E-state index contributed by atoms with van der Waals surface area (Å²) >= 11 is 0. The number of aromatic nitrogens is 1. The highest BCUT2D eigenvalue weighted by Crippen LogP contribution is 2.32. The number of benzene rings is 2. The van der Waals surface area contributed by atoms with Gasteiger partial charge in [-0.3, -0.25) is 25.6 Å². The molecule has 2 heterocycles. The Morgan fingerprint density at radius 2 is 1.59 bits per heavy atom. The fourth-order valence-corrected chi connectivity index (χ4v) is 3.24. The van der Waals surface area contributed by atoms with Crippen LogP contribution in [0.15, 0.2) is 78.0 Å². The van der Waals surface area contributed by atoms with Crippen LogP contribution in [0.1, 0.15) is 28.9 Å². The van der Waals surface area contributed by atoms with Crippen LogP contribution >= 0.6 is 0 Å². The van der Waals surface area contributed by atoms with E-state index in [1.807, 2.05) is 60.7 Å². The Morgan fingerprint density at radius 3 is 2.22 bits per heavy atom. The minimum absolute atomic E-state index is 0.0400. The van der Waals surface area contributed by atoms with Crippen molar-refractivity contribution >= 4 is 17.1 Å². The SMILES string of the molecule is CN(O)c1ccc(C2N=C(c3ccc(N)cc3)C(c3ccncc3)N2)cc1. The van der Waals surface area contributed by atoms with E-state index >= 15 is 0 Å². The first-order valence-electron chi connectivity index (χ1n) is 8.74. The maximum atomic E-state index is 9.56. The van der Waals surface area contributed by atoms with E-state index in [4.69, 9.17) is 10.7 Å². The van der Waals surface area contributed by atoms with Gasteiger partial charge in [0.2, 0.25) is 0 Å².